The lowest BCUT2D eigenvalue weighted by Gasteiger charge is -2.05. The first kappa shape index (κ1) is 17.4. The van der Waals surface area contributed by atoms with E-state index in [1.165, 1.54) is 11.3 Å². The van der Waals surface area contributed by atoms with Gasteiger partial charge in [0.1, 0.15) is 18.1 Å². The van der Waals surface area contributed by atoms with Crippen LogP contribution in [0.25, 0.3) is 26.9 Å². The fourth-order valence-electron chi connectivity index (χ4n) is 2.88. The molecule has 0 unspecified atom stereocenters. The second-order valence-electron chi connectivity index (χ2n) is 6.22. The van der Waals surface area contributed by atoms with Gasteiger partial charge in [-0.05, 0) is 18.2 Å². The van der Waals surface area contributed by atoms with Gasteiger partial charge in [0.25, 0.3) is 0 Å². The van der Waals surface area contributed by atoms with Crippen LogP contribution >= 0.6 is 11.3 Å². The van der Waals surface area contributed by atoms with Crippen molar-refractivity contribution >= 4 is 16.3 Å². The van der Waals surface area contributed by atoms with Gasteiger partial charge in [-0.25, -0.2) is 0 Å². The minimum absolute atomic E-state index is 0.246. The smallest absolute Gasteiger partial charge is 0.235 e. The third-order valence-corrected chi connectivity index (χ3v) is 5.27. The molecule has 8 nitrogen and oxygen atoms in total. The summed E-state index contributed by atoms with van der Waals surface area (Å²) in [5, 5.41) is 21.2. The predicted octanol–water partition coefficient (Wildman–Crippen LogP) is 3.83. The van der Waals surface area contributed by atoms with Crippen LogP contribution in [-0.2, 0) is 6.61 Å². The Morgan fingerprint density at radius 3 is 2.72 bits per heavy atom. The quantitative estimate of drug-likeness (QED) is 0.463. The van der Waals surface area contributed by atoms with Crippen molar-refractivity contribution in [3.63, 3.8) is 0 Å². The Labute approximate surface area is 169 Å². The van der Waals surface area contributed by atoms with Crippen molar-refractivity contribution in [1.82, 2.24) is 30.0 Å². The molecule has 0 atom stereocenters. The summed E-state index contributed by atoms with van der Waals surface area (Å²) in [5.74, 6) is 2.05. The number of rotatable bonds is 6. The van der Waals surface area contributed by atoms with Gasteiger partial charge in [-0.2, -0.15) is 14.7 Å². The van der Waals surface area contributed by atoms with Crippen molar-refractivity contribution < 1.29 is 9.47 Å². The Balaban J connectivity index is 1.38. The zero-order valence-electron chi connectivity index (χ0n) is 15.4. The number of aromatic amines is 1. The molecule has 0 bridgehead atoms. The third-order valence-electron chi connectivity index (χ3n) is 4.34. The number of aromatic nitrogens is 6. The molecule has 3 heterocycles. The second-order valence-corrected chi connectivity index (χ2v) is 7.17. The minimum atomic E-state index is 0.246. The topological polar surface area (TPSA) is 90.2 Å². The lowest BCUT2D eigenvalue weighted by atomic mass is 10.1. The van der Waals surface area contributed by atoms with Gasteiger partial charge in [-0.15, -0.1) is 10.2 Å². The van der Waals surface area contributed by atoms with Crippen LogP contribution in [0.5, 0.6) is 11.5 Å². The van der Waals surface area contributed by atoms with Crippen LogP contribution in [0.2, 0.25) is 0 Å². The fourth-order valence-corrected chi connectivity index (χ4v) is 3.71. The van der Waals surface area contributed by atoms with E-state index in [2.05, 4.69) is 25.5 Å². The van der Waals surface area contributed by atoms with E-state index in [1.807, 2.05) is 60.7 Å². The second kappa shape index (κ2) is 7.36. The van der Waals surface area contributed by atoms with Crippen molar-refractivity contribution in [2.24, 2.45) is 0 Å². The molecule has 0 saturated carbocycles. The molecule has 2 aromatic carbocycles. The monoisotopic (exact) mass is 404 g/mol. The van der Waals surface area contributed by atoms with E-state index in [0.717, 1.165) is 27.7 Å². The van der Waals surface area contributed by atoms with E-state index in [-0.39, 0.29) is 6.61 Å². The maximum absolute atomic E-state index is 5.82. The molecule has 0 saturated heterocycles. The van der Waals surface area contributed by atoms with Crippen LogP contribution < -0.4 is 9.47 Å². The summed E-state index contributed by atoms with van der Waals surface area (Å²) in [6, 6.07) is 19.4. The molecular weight excluding hydrogens is 388 g/mol. The van der Waals surface area contributed by atoms with Crippen molar-refractivity contribution in [3.8, 4) is 33.5 Å². The summed E-state index contributed by atoms with van der Waals surface area (Å²) in [5.41, 5.74) is 2.75. The first-order chi connectivity index (χ1) is 14.3. The summed E-state index contributed by atoms with van der Waals surface area (Å²) in [7, 11) is 1.62. The maximum Gasteiger partial charge on any atom is 0.235 e. The molecule has 0 fully saturated rings. The zero-order valence-corrected chi connectivity index (χ0v) is 16.3. The van der Waals surface area contributed by atoms with Crippen LogP contribution in [0, 0.1) is 0 Å². The van der Waals surface area contributed by atoms with Gasteiger partial charge in [0.05, 0.1) is 18.5 Å². The van der Waals surface area contributed by atoms with Crippen LogP contribution in [0.1, 0.15) is 5.82 Å². The molecule has 1 N–H and O–H groups in total. The van der Waals surface area contributed by atoms with Gasteiger partial charge in [-0.1, -0.05) is 47.7 Å². The van der Waals surface area contributed by atoms with E-state index in [9.17, 15) is 0 Å². The predicted molar refractivity (Wildman–Crippen MR) is 109 cm³/mol. The number of nitrogens with one attached hydrogen (secondary N) is 1. The molecule has 0 spiro atoms. The van der Waals surface area contributed by atoms with Gasteiger partial charge < -0.3 is 9.47 Å². The number of hydrogen-bond acceptors (Lipinski definition) is 7. The lowest BCUT2D eigenvalue weighted by molar-refractivity contribution is 0.290. The number of ether oxygens (including phenoxy) is 2. The number of hydrogen-bond donors (Lipinski definition) is 1. The highest BCUT2D eigenvalue weighted by Gasteiger charge is 2.15. The summed E-state index contributed by atoms with van der Waals surface area (Å²) < 4.78 is 12.7. The summed E-state index contributed by atoms with van der Waals surface area (Å²) in [4.78, 5) is 0.695. The maximum atomic E-state index is 5.82. The number of methoxy groups -OCH3 is 1. The molecule has 29 heavy (non-hydrogen) atoms. The lowest BCUT2D eigenvalue weighted by Crippen LogP contribution is -2.02. The van der Waals surface area contributed by atoms with E-state index in [4.69, 9.17) is 9.47 Å². The molecule has 5 aromatic rings. The van der Waals surface area contributed by atoms with E-state index >= 15 is 0 Å². The largest absolute Gasteiger partial charge is 0.497 e. The van der Waals surface area contributed by atoms with Crippen molar-refractivity contribution in [2.45, 2.75) is 6.61 Å². The van der Waals surface area contributed by atoms with Crippen LogP contribution in [0.4, 0.5) is 0 Å². The summed E-state index contributed by atoms with van der Waals surface area (Å²) in [6.07, 6.45) is 0. The number of fused-ring (bicyclic) bond motifs is 1. The SMILES string of the molecule is COc1cccc(OCc2nnc3sc(-c4cc(-c5ccccc5)n[nH]4)nn23)c1. The van der Waals surface area contributed by atoms with Crippen LogP contribution in [0.15, 0.2) is 60.7 Å². The van der Waals surface area contributed by atoms with Crippen molar-refractivity contribution in [3.05, 3.63) is 66.5 Å². The van der Waals surface area contributed by atoms with Gasteiger partial charge in [0, 0.05) is 11.6 Å². The minimum Gasteiger partial charge on any atom is -0.497 e. The summed E-state index contributed by atoms with van der Waals surface area (Å²) in [6.45, 7) is 0.246. The highest BCUT2D eigenvalue weighted by atomic mass is 32.1. The molecule has 0 radical (unpaired) electrons. The number of benzene rings is 2. The standard InChI is InChI=1S/C20H16N6O2S/c1-27-14-8-5-9-15(10-14)28-12-18-23-24-20-26(18)25-19(29-20)17-11-16(21-22-17)13-6-3-2-4-7-13/h2-11H,12H2,1H3,(H,21,22). The highest BCUT2D eigenvalue weighted by Crippen LogP contribution is 2.27. The first-order valence-corrected chi connectivity index (χ1v) is 9.71. The normalized spacial score (nSPS) is 11.1. The van der Waals surface area contributed by atoms with Crippen LogP contribution in [0.3, 0.4) is 0 Å². The van der Waals surface area contributed by atoms with E-state index in [1.54, 1.807) is 11.6 Å². The van der Waals surface area contributed by atoms with Crippen LogP contribution in [-0.4, -0.2) is 37.1 Å². The molecule has 0 amide bonds. The van der Waals surface area contributed by atoms with Gasteiger partial charge >= 0.3 is 0 Å². The fraction of sp³-hybridized carbons (Fsp3) is 0.100. The summed E-state index contributed by atoms with van der Waals surface area (Å²) >= 11 is 1.44. The van der Waals surface area contributed by atoms with Gasteiger partial charge in [0.15, 0.2) is 10.8 Å². The Kier molecular flexibility index (Phi) is 4.41. The molecular formula is C20H16N6O2S. The molecule has 0 aliphatic rings. The Hall–Kier alpha value is -3.72. The number of H-pyrrole nitrogens is 1. The molecule has 144 valence electrons. The molecule has 0 aliphatic carbocycles. The van der Waals surface area contributed by atoms with Gasteiger partial charge in [0.2, 0.25) is 4.96 Å². The molecule has 0 aliphatic heterocycles. The average Bonchev–Trinajstić information content (AvgIpc) is 3.49. The molecule has 5 rings (SSSR count). The molecule has 9 heteroatoms. The van der Waals surface area contributed by atoms with E-state index in [0.29, 0.717) is 16.5 Å². The van der Waals surface area contributed by atoms with E-state index < -0.39 is 0 Å². The first-order valence-electron chi connectivity index (χ1n) is 8.89. The zero-order chi connectivity index (χ0) is 19.6. The number of nitrogens with zero attached hydrogens (tertiary/aromatic N) is 5. The van der Waals surface area contributed by atoms with Crippen molar-refractivity contribution in [2.75, 3.05) is 7.11 Å². The Morgan fingerprint density at radius 1 is 1.00 bits per heavy atom. The van der Waals surface area contributed by atoms with Crippen molar-refractivity contribution in [1.29, 1.82) is 0 Å². The Bertz CT molecular complexity index is 1260. The third kappa shape index (κ3) is 3.43. The average molecular weight is 404 g/mol. The molecule has 3 aromatic heterocycles. The highest BCUT2D eigenvalue weighted by molar-refractivity contribution is 7.19. The van der Waals surface area contributed by atoms with Gasteiger partial charge in [-0.3, -0.25) is 5.10 Å². The Morgan fingerprint density at radius 2 is 1.86 bits per heavy atom.